The second-order valence-electron chi connectivity index (χ2n) is 5.51. The Morgan fingerprint density at radius 3 is 2.67 bits per heavy atom. The van der Waals surface area contributed by atoms with Crippen molar-refractivity contribution in [3.8, 4) is 11.5 Å². The highest BCUT2D eigenvalue weighted by molar-refractivity contribution is 5.83. The number of nitrogens with two attached hydrogens (primary N) is 1. The van der Waals surface area contributed by atoms with Crippen molar-refractivity contribution in [1.82, 2.24) is 4.98 Å². The predicted molar refractivity (Wildman–Crippen MR) is 82.2 cm³/mol. The van der Waals surface area contributed by atoms with Gasteiger partial charge in [0.2, 0.25) is 0 Å². The Kier molecular flexibility index (Phi) is 3.59. The van der Waals surface area contributed by atoms with Gasteiger partial charge in [-0.05, 0) is 37.8 Å². The third-order valence-electron chi connectivity index (χ3n) is 4.32. The molecule has 3 N–H and O–H groups in total. The summed E-state index contributed by atoms with van der Waals surface area (Å²) in [6.07, 6.45) is 2.60. The molecule has 0 aliphatic heterocycles. The molecule has 0 unspecified atom stereocenters. The Hall–Kier alpha value is -2.01. The molecular formula is C16H20N2O3. The molecule has 0 bridgehead atoms. The highest BCUT2D eigenvalue weighted by Gasteiger charge is 2.22. The van der Waals surface area contributed by atoms with Gasteiger partial charge in [0, 0.05) is 22.7 Å². The van der Waals surface area contributed by atoms with E-state index in [0.717, 1.165) is 36.0 Å². The molecule has 0 amide bonds. The summed E-state index contributed by atoms with van der Waals surface area (Å²) in [6, 6.07) is 3.57. The summed E-state index contributed by atoms with van der Waals surface area (Å²) in [5.74, 6) is 1.64. The van der Waals surface area contributed by atoms with Crippen LogP contribution < -0.4 is 20.6 Å². The zero-order valence-corrected chi connectivity index (χ0v) is 12.4. The number of aromatic nitrogens is 1. The average Bonchev–Trinajstić information content (AvgIpc) is 2.53. The quantitative estimate of drug-likeness (QED) is 0.899. The Morgan fingerprint density at radius 1 is 1.29 bits per heavy atom. The first-order valence-corrected chi connectivity index (χ1v) is 7.17. The van der Waals surface area contributed by atoms with Crippen LogP contribution >= 0.6 is 0 Å². The van der Waals surface area contributed by atoms with Gasteiger partial charge in [-0.2, -0.15) is 0 Å². The van der Waals surface area contributed by atoms with Crippen molar-refractivity contribution in [3.05, 3.63) is 33.6 Å². The summed E-state index contributed by atoms with van der Waals surface area (Å²) >= 11 is 0. The zero-order valence-electron chi connectivity index (χ0n) is 12.4. The van der Waals surface area contributed by atoms with Crippen molar-refractivity contribution >= 4 is 10.9 Å². The van der Waals surface area contributed by atoms with E-state index in [4.69, 9.17) is 15.2 Å². The number of hydrogen-bond acceptors (Lipinski definition) is 4. The van der Waals surface area contributed by atoms with E-state index in [2.05, 4.69) is 4.98 Å². The maximum absolute atomic E-state index is 12.7. The number of fused-ring (bicyclic) bond motifs is 2. The first-order valence-electron chi connectivity index (χ1n) is 7.17. The summed E-state index contributed by atoms with van der Waals surface area (Å²) in [6.45, 7) is 0.658. The second kappa shape index (κ2) is 5.41. The Bertz CT molecular complexity index is 736. The number of aromatic amines is 1. The smallest absolute Gasteiger partial charge is 0.192 e. The van der Waals surface area contributed by atoms with Crippen LogP contribution in [-0.2, 0) is 12.8 Å². The number of rotatable bonds is 3. The summed E-state index contributed by atoms with van der Waals surface area (Å²) in [7, 11) is 3.16. The molecule has 0 saturated carbocycles. The molecule has 1 aromatic heterocycles. The van der Waals surface area contributed by atoms with Crippen LogP contribution in [-0.4, -0.2) is 25.7 Å². The van der Waals surface area contributed by atoms with Crippen molar-refractivity contribution in [1.29, 1.82) is 0 Å². The van der Waals surface area contributed by atoms with Gasteiger partial charge in [0.25, 0.3) is 0 Å². The fourth-order valence-electron chi connectivity index (χ4n) is 3.09. The summed E-state index contributed by atoms with van der Waals surface area (Å²) < 4.78 is 10.6. The predicted octanol–water partition coefficient (Wildman–Crippen LogP) is 1.61. The molecule has 21 heavy (non-hydrogen) atoms. The minimum absolute atomic E-state index is 0.0928. The van der Waals surface area contributed by atoms with Gasteiger partial charge < -0.3 is 20.2 Å². The van der Waals surface area contributed by atoms with Gasteiger partial charge in [-0.15, -0.1) is 0 Å². The highest BCUT2D eigenvalue weighted by Crippen LogP contribution is 2.32. The fraction of sp³-hybridized carbons (Fsp3) is 0.438. The molecule has 5 heteroatoms. The van der Waals surface area contributed by atoms with E-state index >= 15 is 0 Å². The molecule has 2 aromatic rings. The molecule has 1 aliphatic carbocycles. The van der Waals surface area contributed by atoms with Crippen LogP contribution in [0.3, 0.4) is 0 Å². The van der Waals surface area contributed by atoms with E-state index in [1.165, 1.54) is 0 Å². The molecule has 112 valence electrons. The first kappa shape index (κ1) is 13.9. The van der Waals surface area contributed by atoms with Gasteiger partial charge in [0.1, 0.15) is 0 Å². The molecule has 0 radical (unpaired) electrons. The summed E-state index contributed by atoms with van der Waals surface area (Å²) in [5.41, 5.74) is 8.55. The zero-order chi connectivity index (χ0) is 15.0. The van der Waals surface area contributed by atoms with Gasteiger partial charge >= 0.3 is 0 Å². The number of ether oxygens (including phenoxy) is 2. The van der Waals surface area contributed by atoms with Crippen molar-refractivity contribution < 1.29 is 9.47 Å². The summed E-state index contributed by atoms with van der Waals surface area (Å²) in [5, 5.41) is 0.651. The van der Waals surface area contributed by atoms with Crippen molar-refractivity contribution in [2.24, 2.45) is 11.7 Å². The van der Waals surface area contributed by atoms with E-state index in [9.17, 15) is 4.79 Å². The Balaban J connectivity index is 2.22. The first-order chi connectivity index (χ1) is 10.2. The monoisotopic (exact) mass is 288 g/mol. The van der Waals surface area contributed by atoms with Gasteiger partial charge in [0.15, 0.2) is 16.9 Å². The largest absolute Gasteiger partial charge is 0.493 e. The molecule has 3 rings (SSSR count). The maximum atomic E-state index is 12.7. The number of methoxy groups -OCH3 is 2. The average molecular weight is 288 g/mol. The molecule has 1 aromatic carbocycles. The SMILES string of the molecule is COc1cc2[nH]c3c(c(=O)c2cc1OC)CC[C@@H](CN)C3. The van der Waals surface area contributed by atoms with Crippen molar-refractivity contribution in [2.75, 3.05) is 20.8 Å². The normalized spacial score (nSPS) is 17.6. The molecule has 0 fully saturated rings. The van der Waals surface area contributed by atoms with Crippen LogP contribution in [0.1, 0.15) is 17.7 Å². The van der Waals surface area contributed by atoms with Gasteiger partial charge in [-0.1, -0.05) is 0 Å². The Labute approximate surface area is 123 Å². The molecule has 0 saturated heterocycles. The standard InChI is InChI=1S/C16H20N2O3/c1-20-14-6-11-13(7-15(14)21-2)18-12-5-9(8-17)3-4-10(12)16(11)19/h6-7,9H,3-5,8,17H2,1-2H3,(H,18,19)/t9-/m1/s1. The van der Waals surface area contributed by atoms with Crippen LogP contribution in [0.4, 0.5) is 0 Å². The number of H-pyrrole nitrogens is 1. The molecule has 1 atom stereocenters. The van der Waals surface area contributed by atoms with Crippen molar-refractivity contribution in [2.45, 2.75) is 19.3 Å². The van der Waals surface area contributed by atoms with E-state index in [0.29, 0.717) is 29.3 Å². The number of pyridine rings is 1. The van der Waals surface area contributed by atoms with Gasteiger partial charge in [-0.25, -0.2) is 0 Å². The lowest BCUT2D eigenvalue weighted by atomic mass is 9.86. The number of hydrogen-bond donors (Lipinski definition) is 2. The van der Waals surface area contributed by atoms with Crippen LogP contribution in [0.25, 0.3) is 10.9 Å². The third kappa shape index (κ3) is 2.27. The fourth-order valence-corrected chi connectivity index (χ4v) is 3.09. The summed E-state index contributed by atoms with van der Waals surface area (Å²) in [4.78, 5) is 16.1. The van der Waals surface area contributed by atoms with E-state index < -0.39 is 0 Å². The van der Waals surface area contributed by atoms with E-state index in [1.807, 2.05) is 6.07 Å². The number of nitrogens with one attached hydrogen (secondary N) is 1. The van der Waals surface area contributed by atoms with Gasteiger partial charge in [0.05, 0.1) is 19.7 Å². The third-order valence-corrected chi connectivity index (χ3v) is 4.32. The Morgan fingerprint density at radius 2 is 2.00 bits per heavy atom. The van der Waals surface area contributed by atoms with Crippen LogP contribution in [0.5, 0.6) is 11.5 Å². The molecule has 5 nitrogen and oxygen atoms in total. The van der Waals surface area contributed by atoms with E-state index in [1.54, 1.807) is 20.3 Å². The van der Waals surface area contributed by atoms with Crippen molar-refractivity contribution in [3.63, 3.8) is 0 Å². The maximum Gasteiger partial charge on any atom is 0.192 e. The highest BCUT2D eigenvalue weighted by atomic mass is 16.5. The lowest BCUT2D eigenvalue weighted by Crippen LogP contribution is -2.27. The van der Waals surface area contributed by atoms with Crippen LogP contribution in [0, 0.1) is 5.92 Å². The second-order valence-corrected chi connectivity index (χ2v) is 5.51. The minimum atomic E-state index is 0.0928. The van der Waals surface area contributed by atoms with Crippen LogP contribution in [0.15, 0.2) is 16.9 Å². The number of benzene rings is 1. The minimum Gasteiger partial charge on any atom is -0.493 e. The molecule has 1 heterocycles. The molecular weight excluding hydrogens is 268 g/mol. The van der Waals surface area contributed by atoms with Gasteiger partial charge in [-0.3, -0.25) is 4.79 Å². The molecule has 1 aliphatic rings. The topological polar surface area (TPSA) is 77.3 Å². The molecule has 0 spiro atoms. The lowest BCUT2D eigenvalue weighted by Gasteiger charge is -2.23. The van der Waals surface area contributed by atoms with Crippen LogP contribution in [0.2, 0.25) is 0 Å². The van der Waals surface area contributed by atoms with E-state index in [-0.39, 0.29) is 5.43 Å². The lowest BCUT2D eigenvalue weighted by molar-refractivity contribution is 0.355.